The Morgan fingerprint density at radius 3 is 2.36 bits per heavy atom. The highest BCUT2D eigenvalue weighted by Crippen LogP contribution is 2.10. The molecule has 6 heteroatoms. The first kappa shape index (κ1) is 13.8. The molecule has 0 fully saturated rings. The highest BCUT2D eigenvalue weighted by atomic mass is 16.2. The van der Waals surface area contributed by atoms with Crippen LogP contribution in [0.5, 0.6) is 0 Å². The van der Waals surface area contributed by atoms with Crippen molar-refractivity contribution in [3.05, 3.63) is 72.8 Å². The quantitative estimate of drug-likeness (QED) is 0.705. The van der Waals surface area contributed by atoms with Gasteiger partial charge in [0.05, 0.1) is 6.42 Å². The molecule has 0 aliphatic rings. The summed E-state index contributed by atoms with van der Waals surface area (Å²) in [5, 5.41) is 0. The molecule has 2 aromatic heterocycles. The third kappa shape index (κ3) is 3.49. The molecule has 0 aliphatic carbocycles. The minimum Gasteiger partial charge on any atom is -0.324 e. The normalized spacial score (nSPS) is 10.2. The number of hydrazine groups is 1. The van der Waals surface area contributed by atoms with E-state index in [1.165, 1.54) is 0 Å². The van der Waals surface area contributed by atoms with E-state index >= 15 is 0 Å². The number of carbonyl (C=O) groups is 1. The maximum Gasteiger partial charge on any atom is 0.242 e. The number of nitrogens with one attached hydrogen (secondary N) is 2. The Hall–Kier alpha value is -3.15. The lowest BCUT2D eigenvalue weighted by Gasteiger charge is -2.07. The maximum absolute atomic E-state index is 11.9. The highest BCUT2D eigenvalue weighted by Gasteiger charge is 2.04. The van der Waals surface area contributed by atoms with Crippen molar-refractivity contribution in [2.45, 2.75) is 6.42 Å². The number of hydrogen-bond acceptors (Lipinski definition) is 4. The molecule has 2 N–H and O–H groups in total. The van der Waals surface area contributed by atoms with Gasteiger partial charge in [0, 0.05) is 30.5 Å². The summed E-state index contributed by atoms with van der Waals surface area (Å²) in [5.74, 6) is 0.208. The lowest BCUT2D eigenvalue weighted by Crippen LogP contribution is -2.31. The van der Waals surface area contributed by atoms with Crippen molar-refractivity contribution >= 4 is 11.9 Å². The van der Waals surface area contributed by atoms with E-state index in [4.69, 9.17) is 0 Å². The Morgan fingerprint density at radius 1 is 1.00 bits per heavy atom. The van der Waals surface area contributed by atoms with E-state index in [-0.39, 0.29) is 12.3 Å². The van der Waals surface area contributed by atoms with E-state index in [9.17, 15) is 4.79 Å². The summed E-state index contributed by atoms with van der Waals surface area (Å²) in [6.07, 6.45) is 7.44. The minimum atomic E-state index is -0.152. The van der Waals surface area contributed by atoms with Gasteiger partial charge in [0.2, 0.25) is 11.9 Å². The summed E-state index contributed by atoms with van der Waals surface area (Å²) in [7, 11) is 0. The average Bonchev–Trinajstić information content (AvgIpc) is 3.09. The van der Waals surface area contributed by atoms with Gasteiger partial charge in [-0.3, -0.25) is 15.6 Å². The summed E-state index contributed by atoms with van der Waals surface area (Å²) >= 11 is 0. The van der Waals surface area contributed by atoms with E-state index in [2.05, 4.69) is 20.8 Å². The van der Waals surface area contributed by atoms with E-state index in [0.29, 0.717) is 5.95 Å². The van der Waals surface area contributed by atoms with Crippen LogP contribution in [0.25, 0.3) is 5.69 Å². The second kappa shape index (κ2) is 6.53. The zero-order valence-corrected chi connectivity index (χ0v) is 11.8. The number of anilines is 1. The lowest BCUT2D eigenvalue weighted by atomic mass is 10.1. The third-order valence-electron chi connectivity index (χ3n) is 3.08. The van der Waals surface area contributed by atoms with Crippen molar-refractivity contribution in [2.24, 2.45) is 0 Å². The fourth-order valence-corrected chi connectivity index (χ4v) is 2.01. The van der Waals surface area contributed by atoms with Gasteiger partial charge >= 0.3 is 0 Å². The Bertz CT molecular complexity index is 723. The molecule has 2 heterocycles. The van der Waals surface area contributed by atoms with Crippen molar-refractivity contribution in [2.75, 3.05) is 5.43 Å². The van der Waals surface area contributed by atoms with Crippen molar-refractivity contribution in [3.63, 3.8) is 0 Å². The van der Waals surface area contributed by atoms with Crippen LogP contribution in [0.1, 0.15) is 5.56 Å². The summed E-state index contributed by atoms with van der Waals surface area (Å²) in [6, 6.07) is 13.5. The number of nitrogens with zero attached hydrogens (tertiary/aromatic N) is 3. The first-order valence-corrected chi connectivity index (χ1v) is 6.85. The summed E-state index contributed by atoms with van der Waals surface area (Å²) in [4.78, 5) is 19.8. The highest BCUT2D eigenvalue weighted by molar-refractivity contribution is 5.79. The SMILES string of the molecule is O=C(Cc1ccc(-n2cccc2)cc1)NNc1ncccn1. The number of hydrogen-bond donors (Lipinski definition) is 2. The van der Waals surface area contributed by atoms with Crippen molar-refractivity contribution < 1.29 is 4.79 Å². The second-order valence-electron chi connectivity index (χ2n) is 4.68. The molecule has 0 unspecified atom stereocenters. The van der Waals surface area contributed by atoms with E-state index < -0.39 is 0 Å². The van der Waals surface area contributed by atoms with Gasteiger partial charge in [-0.1, -0.05) is 12.1 Å². The molecule has 0 saturated heterocycles. The Balaban J connectivity index is 1.55. The molecular weight excluding hydrogens is 278 g/mol. The molecule has 0 spiro atoms. The van der Waals surface area contributed by atoms with Gasteiger partial charge in [-0.15, -0.1) is 0 Å². The molecule has 22 heavy (non-hydrogen) atoms. The summed E-state index contributed by atoms with van der Waals surface area (Å²) in [5.41, 5.74) is 7.24. The molecule has 0 saturated carbocycles. The fraction of sp³-hybridized carbons (Fsp3) is 0.0625. The van der Waals surface area contributed by atoms with Gasteiger partial charge in [0.1, 0.15) is 0 Å². The first-order valence-electron chi connectivity index (χ1n) is 6.85. The van der Waals surface area contributed by atoms with Gasteiger partial charge in [-0.05, 0) is 35.9 Å². The number of rotatable bonds is 5. The topological polar surface area (TPSA) is 71.8 Å². The Labute approximate surface area is 127 Å². The Kier molecular flexibility index (Phi) is 4.10. The van der Waals surface area contributed by atoms with Crippen molar-refractivity contribution in [1.29, 1.82) is 0 Å². The standard InChI is InChI=1S/C16H15N5O/c22-15(19-20-16-17-8-3-9-18-16)12-13-4-6-14(7-5-13)21-10-1-2-11-21/h1-11H,12H2,(H,19,22)(H,17,18,20). The van der Waals surface area contributed by atoms with Crippen LogP contribution >= 0.6 is 0 Å². The molecule has 6 nitrogen and oxygen atoms in total. The maximum atomic E-state index is 11.9. The molecule has 1 aromatic carbocycles. The van der Waals surface area contributed by atoms with Crippen LogP contribution in [0.15, 0.2) is 67.3 Å². The van der Waals surface area contributed by atoms with Crippen LogP contribution in [0.2, 0.25) is 0 Å². The average molecular weight is 293 g/mol. The minimum absolute atomic E-state index is 0.152. The van der Waals surface area contributed by atoms with Gasteiger partial charge < -0.3 is 4.57 Å². The summed E-state index contributed by atoms with van der Waals surface area (Å²) < 4.78 is 2.01. The number of carbonyl (C=O) groups excluding carboxylic acids is 1. The van der Waals surface area contributed by atoms with E-state index in [1.54, 1.807) is 18.5 Å². The fourth-order valence-electron chi connectivity index (χ4n) is 2.01. The molecule has 3 rings (SSSR count). The van der Waals surface area contributed by atoms with Gasteiger partial charge in [-0.25, -0.2) is 9.97 Å². The van der Waals surface area contributed by atoms with Crippen molar-refractivity contribution in [3.8, 4) is 5.69 Å². The predicted octanol–water partition coefficient (Wildman–Crippen LogP) is 1.95. The molecule has 110 valence electrons. The molecule has 0 bridgehead atoms. The Morgan fingerprint density at radius 2 is 1.68 bits per heavy atom. The largest absolute Gasteiger partial charge is 0.324 e. The van der Waals surface area contributed by atoms with Crippen LogP contribution in [-0.2, 0) is 11.2 Å². The van der Waals surface area contributed by atoms with E-state index in [1.807, 2.05) is 53.4 Å². The van der Waals surface area contributed by atoms with Gasteiger partial charge in [0.15, 0.2) is 0 Å². The zero-order chi connectivity index (χ0) is 15.2. The number of amides is 1. The molecule has 3 aromatic rings. The molecule has 0 radical (unpaired) electrons. The van der Waals surface area contributed by atoms with Crippen LogP contribution in [0.4, 0.5) is 5.95 Å². The second-order valence-corrected chi connectivity index (χ2v) is 4.68. The number of benzene rings is 1. The van der Waals surface area contributed by atoms with Crippen LogP contribution in [-0.4, -0.2) is 20.4 Å². The first-order chi connectivity index (χ1) is 10.8. The molecule has 0 atom stereocenters. The smallest absolute Gasteiger partial charge is 0.242 e. The van der Waals surface area contributed by atoms with Crippen molar-refractivity contribution in [1.82, 2.24) is 20.0 Å². The zero-order valence-electron chi connectivity index (χ0n) is 11.8. The molecule has 0 aliphatic heterocycles. The molecular formula is C16H15N5O. The van der Waals surface area contributed by atoms with E-state index in [0.717, 1.165) is 11.3 Å². The third-order valence-corrected chi connectivity index (χ3v) is 3.08. The monoisotopic (exact) mass is 293 g/mol. The summed E-state index contributed by atoms with van der Waals surface area (Å²) in [6.45, 7) is 0. The number of aromatic nitrogens is 3. The van der Waals surface area contributed by atoms with Crippen LogP contribution in [0, 0.1) is 0 Å². The van der Waals surface area contributed by atoms with Gasteiger partial charge in [0.25, 0.3) is 0 Å². The van der Waals surface area contributed by atoms with Crippen LogP contribution < -0.4 is 10.9 Å². The lowest BCUT2D eigenvalue weighted by molar-refractivity contribution is -0.119. The molecule has 1 amide bonds. The predicted molar refractivity (Wildman–Crippen MR) is 83.3 cm³/mol. The van der Waals surface area contributed by atoms with Crippen LogP contribution in [0.3, 0.4) is 0 Å². The van der Waals surface area contributed by atoms with Gasteiger partial charge in [-0.2, -0.15) is 0 Å².